The molecule has 0 saturated heterocycles. The molecule has 0 bridgehead atoms. The summed E-state index contributed by atoms with van der Waals surface area (Å²) in [6.07, 6.45) is 6.20. The fourth-order valence-corrected chi connectivity index (χ4v) is 1.19. The van der Waals surface area contributed by atoms with Crippen molar-refractivity contribution in [3.63, 3.8) is 0 Å². The van der Waals surface area contributed by atoms with Crippen LogP contribution in [-0.4, -0.2) is 5.75 Å². The van der Waals surface area contributed by atoms with Crippen molar-refractivity contribution in [2.24, 2.45) is 0 Å². The molecular weight excluding hydrogens is 183 g/mol. The molecule has 1 aromatic rings. The van der Waals surface area contributed by atoms with Gasteiger partial charge in [0.1, 0.15) is 5.82 Å². The van der Waals surface area contributed by atoms with Gasteiger partial charge < -0.3 is 0 Å². The largest absolute Gasteiger partial charge is 0.207 e. The van der Waals surface area contributed by atoms with E-state index in [1.54, 1.807) is 12.1 Å². The molecule has 0 radical (unpaired) electrons. The first-order valence-electron chi connectivity index (χ1n) is 4.36. The summed E-state index contributed by atoms with van der Waals surface area (Å²) >= 11 is 4.11. The van der Waals surface area contributed by atoms with Gasteiger partial charge in [-0.3, -0.25) is 0 Å². The van der Waals surface area contributed by atoms with Crippen LogP contribution in [0.2, 0.25) is 0 Å². The molecule has 2 heteroatoms. The number of rotatable bonds is 4. The van der Waals surface area contributed by atoms with Crippen molar-refractivity contribution >= 4 is 18.7 Å². The number of hydrogen-bond acceptors (Lipinski definition) is 1. The number of allylic oxidation sites excluding steroid dienone is 1. The summed E-state index contributed by atoms with van der Waals surface area (Å²) < 4.78 is 12.5. The Bertz CT molecular complexity index is 264. The minimum absolute atomic E-state index is 0.187. The molecule has 1 aromatic carbocycles. The van der Waals surface area contributed by atoms with Gasteiger partial charge in [0.2, 0.25) is 0 Å². The van der Waals surface area contributed by atoms with E-state index in [4.69, 9.17) is 0 Å². The van der Waals surface area contributed by atoms with E-state index in [1.807, 2.05) is 6.08 Å². The average Bonchev–Trinajstić information content (AvgIpc) is 2.15. The Morgan fingerprint density at radius 1 is 1.23 bits per heavy atom. The van der Waals surface area contributed by atoms with E-state index in [-0.39, 0.29) is 5.82 Å². The fraction of sp³-hybridized carbons (Fsp3) is 0.273. The topological polar surface area (TPSA) is 0 Å². The number of thiol groups is 1. The average molecular weight is 196 g/mol. The van der Waals surface area contributed by atoms with Crippen molar-refractivity contribution in [3.8, 4) is 0 Å². The smallest absolute Gasteiger partial charge is 0.123 e. The molecular formula is C11H13FS. The van der Waals surface area contributed by atoms with Gasteiger partial charge in [-0.1, -0.05) is 24.3 Å². The predicted octanol–water partition coefficient (Wildman–Crippen LogP) is 3.55. The van der Waals surface area contributed by atoms with Gasteiger partial charge >= 0.3 is 0 Å². The van der Waals surface area contributed by atoms with Gasteiger partial charge in [-0.05, 0) is 36.3 Å². The summed E-state index contributed by atoms with van der Waals surface area (Å²) in [6, 6.07) is 6.48. The van der Waals surface area contributed by atoms with Gasteiger partial charge in [-0.25, -0.2) is 4.39 Å². The normalized spacial score (nSPS) is 10.9. The van der Waals surface area contributed by atoms with Gasteiger partial charge in [0.05, 0.1) is 0 Å². The molecule has 0 spiro atoms. The third kappa shape index (κ3) is 4.13. The molecule has 70 valence electrons. The first kappa shape index (κ1) is 10.3. The molecule has 0 fully saturated rings. The van der Waals surface area contributed by atoms with E-state index in [9.17, 15) is 4.39 Å². The molecule has 0 aliphatic rings. The Kier molecular flexibility index (Phi) is 4.61. The van der Waals surface area contributed by atoms with Crippen LogP contribution in [0.1, 0.15) is 18.4 Å². The summed E-state index contributed by atoms with van der Waals surface area (Å²) in [5, 5.41) is 0. The zero-order chi connectivity index (χ0) is 9.52. The van der Waals surface area contributed by atoms with Crippen LogP contribution in [0.4, 0.5) is 4.39 Å². The van der Waals surface area contributed by atoms with Crippen LogP contribution in [0.5, 0.6) is 0 Å². The number of benzene rings is 1. The van der Waals surface area contributed by atoms with Crippen LogP contribution in [-0.2, 0) is 0 Å². The second-order valence-electron chi connectivity index (χ2n) is 2.82. The van der Waals surface area contributed by atoms with Crippen molar-refractivity contribution in [1.82, 2.24) is 0 Å². The summed E-state index contributed by atoms with van der Waals surface area (Å²) in [5.74, 6) is 0.723. The molecule has 0 aliphatic heterocycles. The lowest BCUT2D eigenvalue weighted by Crippen LogP contribution is -1.75. The minimum atomic E-state index is -0.187. The fourth-order valence-electron chi connectivity index (χ4n) is 1.00. The molecule has 0 saturated carbocycles. The summed E-state index contributed by atoms with van der Waals surface area (Å²) in [7, 11) is 0. The van der Waals surface area contributed by atoms with Gasteiger partial charge in [0.25, 0.3) is 0 Å². The standard InChI is InChI=1S/C11H13FS/c12-11-7-5-10(6-8-11)4-2-1-3-9-13/h2,4-8,13H,1,3,9H2/b4-2+. The lowest BCUT2D eigenvalue weighted by molar-refractivity contribution is 0.628. The minimum Gasteiger partial charge on any atom is -0.207 e. The van der Waals surface area contributed by atoms with Crippen LogP contribution in [0.3, 0.4) is 0 Å². The lowest BCUT2D eigenvalue weighted by Gasteiger charge is -1.92. The lowest BCUT2D eigenvalue weighted by atomic mass is 10.2. The molecule has 0 atom stereocenters. The monoisotopic (exact) mass is 196 g/mol. The molecule has 0 amide bonds. The van der Waals surface area contributed by atoms with E-state index in [2.05, 4.69) is 18.7 Å². The Morgan fingerprint density at radius 2 is 1.92 bits per heavy atom. The van der Waals surface area contributed by atoms with Crippen LogP contribution in [0.25, 0.3) is 6.08 Å². The summed E-state index contributed by atoms with van der Waals surface area (Å²) in [6.45, 7) is 0. The van der Waals surface area contributed by atoms with Crippen molar-refractivity contribution in [2.45, 2.75) is 12.8 Å². The quantitative estimate of drug-likeness (QED) is 0.552. The maximum absolute atomic E-state index is 12.5. The van der Waals surface area contributed by atoms with E-state index < -0.39 is 0 Å². The van der Waals surface area contributed by atoms with Crippen LogP contribution < -0.4 is 0 Å². The third-order valence-electron chi connectivity index (χ3n) is 1.71. The Hall–Kier alpha value is -0.760. The second-order valence-corrected chi connectivity index (χ2v) is 3.27. The first-order valence-corrected chi connectivity index (χ1v) is 4.99. The van der Waals surface area contributed by atoms with Crippen LogP contribution in [0, 0.1) is 5.82 Å². The zero-order valence-corrected chi connectivity index (χ0v) is 8.31. The Labute approximate surface area is 83.9 Å². The van der Waals surface area contributed by atoms with Gasteiger partial charge in [-0.2, -0.15) is 12.6 Å². The highest BCUT2D eigenvalue weighted by molar-refractivity contribution is 7.80. The van der Waals surface area contributed by atoms with E-state index in [0.717, 1.165) is 24.2 Å². The maximum Gasteiger partial charge on any atom is 0.123 e. The SMILES string of the molecule is Fc1ccc(/C=C/CCCS)cc1. The van der Waals surface area contributed by atoms with E-state index in [1.165, 1.54) is 12.1 Å². The Morgan fingerprint density at radius 3 is 2.54 bits per heavy atom. The van der Waals surface area contributed by atoms with Gasteiger partial charge in [0.15, 0.2) is 0 Å². The number of unbranched alkanes of at least 4 members (excludes halogenated alkanes) is 1. The van der Waals surface area contributed by atoms with Crippen molar-refractivity contribution in [2.75, 3.05) is 5.75 Å². The summed E-state index contributed by atoms with van der Waals surface area (Å²) in [4.78, 5) is 0. The van der Waals surface area contributed by atoms with E-state index >= 15 is 0 Å². The highest BCUT2D eigenvalue weighted by atomic mass is 32.1. The predicted molar refractivity (Wildman–Crippen MR) is 58.5 cm³/mol. The number of hydrogen-bond donors (Lipinski definition) is 1. The number of halogens is 1. The van der Waals surface area contributed by atoms with Crippen LogP contribution >= 0.6 is 12.6 Å². The first-order chi connectivity index (χ1) is 6.33. The molecule has 0 heterocycles. The molecule has 0 unspecified atom stereocenters. The summed E-state index contributed by atoms with van der Waals surface area (Å²) in [5.41, 5.74) is 1.04. The van der Waals surface area contributed by atoms with Gasteiger partial charge in [-0.15, -0.1) is 0 Å². The molecule has 0 nitrogen and oxygen atoms in total. The highest BCUT2D eigenvalue weighted by Crippen LogP contribution is 2.05. The molecule has 0 aliphatic carbocycles. The maximum atomic E-state index is 12.5. The van der Waals surface area contributed by atoms with Crippen molar-refractivity contribution in [3.05, 3.63) is 41.7 Å². The zero-order valence-electron chi connectivity index (χ0n) is 7.41. The van der Waals surface area contributed by atoms with Crippen LogP contribution in [0.15, 0.2) is 30.3 Å². The van der Waals surface area contributed by atoms with Gasteiger partial charge in [0, 0.05) is 0 Å². The third-order valence-corrected chi connectivity index (χ3v) is 2.03. The molecule has 13 heavy (non-hydrogen) atoms. The molecule has 1 rings (SSSR count). The molecule has 0 N–H and O–H groups in total. The highest BCUT2D eigenvalue weighted by Gasteiger charge is 1.87. The molecule has 0 aromatic heterocycles. The second kappa shape index (κ2) is 5.81. The van der Waals surface area contributed by atoms with Crippen molar-refractivity contribution in [1.29, 1.82) is 0 Å². The Balaban J connectivity index is 2.44. The van der Waals surface area contributed by atoms with E-state index in [0.29, 0.717) is 0 Å². The van der Waals surface area contributed by atoms with Crippen molar-refractivity contribution < 1.29 is 4.39 Å².